The maximum Gasteiger partial charge on any atom is 0.00952 e. The lowest BCUT2D eigenvalue weighted by molar-refractivity contribution is 0.00421. The molecule has 1 saturated carbocycles. The minimum absolute atomic E-state index is 0.909. The second-order valence-corrected chi connectivity index (χ2v) is 5.07. The highest BCUT2D eigenvalue weighted by Crippen LogP contribution is 2.41. The molecule has 2 aliphatic heterocycles. The molecule has 3 rings (SSSR count). The third-order valence-electron chi connectivity index (χ3n) is 4.02. The summed E-state index contributed by atoms with van der Waals surface area (Å²) in [6.45, 7) is 6.16. The van der Waals surface area contributed by atoms with E-state index in [1.807, 2.05) is 0 Å². The van der Waals surface area contributed by atoms with Gasteiger partial charge in [-0.15, -0.1) is 0 Å². The van der Waals surface area contributed by atoms with Crippen LogP contribution in [0.5, 0.6) is 0 Å². The molecule has 3 aliphatic rings. The van der Waals surface area contributed by atoms with Gasteiger partial charge in [-0.3, -0.25) is 0 Å². The monoisotopic (exact) mass is 167 g/mol. The van der Waals surface area contributed by atoms with Crippen LogP contribution in [0.2, 0.25) is 0 Å². The number of nitrogens with zero attached hydrogens (tertiary/aromatic N) is 1. The molecule has 1 nitrogen and oxygen atoms in total. The summed E-state index contributed by atoms with van der Waals surface area (Å²) in [6, 6.07) is 0.919. The molecule has 0 N–H and O–H groups in total. The highest BCUT2D eigenvalue weighted by Gasteiger charge is 2.39. The highest BCUT2D eigenvalue weighted by atomic mass is 15.1. The van der Waals surface area contributed by atoms with Gasteiger partial charge in [0, 0.05) is 12.6 Å². The van der Waals surface area contributed by atoms with Crippen molar-refractivity contribution in [3.63, 3.8) is 0 Å². The van der Waals surface area contributed by atoms with Crippen molar-refractivity contribution in [2.75, 3.05) is 13.6 Å². The Balaban J connectivity index is 2.05. The number of hydrogen-bond acceptors (Lipinski definition) is 1. The van der Waals surface area contributed by atoms with Crippen LogP contribution in [0.1, 0.15) is 33.1 Å². The molecule has 0 spiro atoms. The van der Waals surface area contributed by atoms with E-state index in [4.69, 9.17) is 0 Å². The first-order chi connectivity index (χ1) is 5.68. The van der Waals surface area contributed by atoms with Crippen LogP contribution in [0.15, 0.2) is 0 Å². The number of hydrogen-bond donors (Lipinski definition) is 0. The molecule has 3 fully saturated rings. The van der Waals surface area contributed by atoms with Gasteiger partial charge in [0.2, 0.25) is 0 Å². The maximum atomic E-state index is 2.58. The topological polar surface area (TPSA) is 3.24 Å². The summed E-state index contributed by atoms with van der Waals surface area (Å²) in [4.78, 5) is 2.58. The third-order valence-corrected chi connectivity index (χ3v) is 4.02. The average molecular weight is 167 g/mol. The Morgan fingerprint density at radius 3 is 2.42 bits per heavy atom. The van der Waals surface area contributed by atoms with Gasteiger partial charge < -0.3 is 4.90 Å². The van der Waals surface area contributed by atoms with Gasteiger partial charge in [0.15, 0.2) is 0 Å². The molecule has 0 aromatic heterocycles. The van der Waals surface area contributed by atoms with Crippen molar-refractivity contribution in [2.24, 2.45) is 17.8 Å². The van der Waals surface area contributed by atoms with Gasteiger partial charge in [0.1, 0.15) is 0 Å². The van der Waals surface area contributed by atoms with Crippen LogP contribution < -0.4 is 0 Å². The SMILES string of the molecule is CC(C)C1CC2CCC1CN2C. The van der Waals surface area contributed by atoms with E-state index < -0.39 is 0 Å². The minimum Gasteiger partial charge on any atom is -0.303 e. The van der Waals surface area contributed by atoms with Crippen LogP contribution in [0.3, 0.4) is 0 Å². The largest absolute Gasteiger partial charge is 0.303 e. The van der Waals surface area contributed by atoms with Gasteiger partial charge in [-0.1, -0.05) is 13.8 Å². The zero-order chi connectivity index (χ0) is 8.72. The Kier molecular flexibility index (Phi) is 2.16. The number of piperidine rings is 2. The summed E-state index contributed by atoms with van der Waals surface area (Å²) in [5.41, 5.74) is 0. The van der Waals surface area contributed by atoms with Crippen molar-refractivity contribution < 1.29 is 0 Å². The Morgan fingerprint density at radius 1 is 1.25 bits per heavy atom. The third kappa shape index (κ3) is 1.28. The van der Waals surface area contributed by atoms with Crippen molar-refractivity contribution in [1.82, 2.24) is 4.90 Å². The summed E-state index contributed by atoms with van der Waals surface area (Å²) in [6.07, 6.45) is 4.43. The molecule has 3 unspecified atom stereocenters. The first-order valence-electron chi connectivity index (χ1n) is 5.38. The van der Waals surface area contributed by atoms with Crippen molar-refractivity contribution in [1.29, 1.82) is 0 Å². The van der Waals surface area contributed by atoms with E-state index in [2.05, 4.69) is 25.8 Å². The van der Waals surface area contributed by atoms with Gasteiger partial charge in [-0.05, 0) is 44.1 Å². The van der Waals surface area contributed by atoms with Crippen LogP contribution in [-0.2, 0) is 0 Å². The quantitative estimate of drug-likeness (QED) is 0.579. The first-order valence-corrected chi connectivity index (χ1v) is 5.38. The van der Waals surface area contributed by atoms with Crippen molar-refractivity contribution in [2.45, 2.75) is 39.2 Å². The zero-order valence-corrected chi connectivity index (χ0v) is 8.59. The van der Waals surface area contributed by atoms with Gasteiger partial charge in [-0.2, -0.15) is 0 Å². The highest BCUT2D eigenvalue weighted by molar-refractivity contribution is 4.92. The van der Waals surface area contributed by atoms with Crippen molar-refractivity contribution in [3.8, 4) is 0 Å². The summed E-state index contributed by atoms with van der Waals surface area (Å²) in [7, 11) is 2.30. The summed E-state index contributed by atoms with van der Waals surface area (Å²) >= 11 is 0. The predicted molar refractivity (Wildman–Crippen MR) is 52.1 cm³/mol. The zero-order valence-electron chi connectivity index (χ0n) is 8.59. The fourth-order valence-corrected chi connectivity index (χ4v) is 3.21. The summed E-state index contributed by atoms with van der Waals surface area (Å²) in [5.74, 6) is 2.95. The molecule has 0 radical (unpaired) electrons. The van der Waals surface area contributed by atoms with Crippen LogP contribution >= 0.6 is 0 Å². The predicted octanol–water partition coefficient (Wildman–Crippen LogP) is 2.37. The van der Waals surface area contributed by atoms with Gasteiger partial charge in [0.25, 0.3) is 0 Å². The Labute approximate surface area is 76.1 Å². The summed E-state index contributed by atoms with van der Waals surface area (Å²) in [5, 5.41) is 0. The molecule has 1 aliphatic carbocycles. The molecular weight excluding hydrogens is 146 g/mol. The van der Waals surface area contributed by atoms with Crippen LogP contribution in [0.25, 0.3) is 0 Å². The van der Waals surface area contributed by atoms with Gasteiger partial charge >= 0.3 is 0 Å². The minimum atomic E-state index is 0.909. The van der Waals surface area contributed by atoms with E-state index in [0.29, 0.717) is 0 Å². The maximum absolute atomic E-state index is 2.58. The normalized spacial score (nSPS) is 42.5. The Bertz CT molecular complexity index is 164. The molecule has 0 aromatic rings. The molecule has 12 heavy (non-hydrogen) atoms. The lowest BCUT2D eigenvalue weighted by Gasteiger charge is -2.49. The average Bonchev–Trinajstić information content (AvgIpc) is 2.04. The molecular formula is C11H21N. The lowest BCUT2D eigenvalue weighted by atomic mass is 9.68. The smallest absolute Gasteiger partial charge is 0.00952 e. The standard InChI is InChI=1S/C11H21N/c1-8(2)11-6-10-5-4-9(11)7-12(10)3/h8-11H,4-7H2,1-3H3. The van der Waals surface area contributed by atoms with E-state index in [-0.39, 0.29) is 0 Å². The number of rotatable bonds is 1. The molecule has 1 heteroatoms. The summed E-state index contributed by atoms with van der Waals surface area (Å²) < 4.78 is 0. The van der Waals surface area contributed by atoms with Gasteiger partial charge in [0.05, 0.1) is 0 Å². The van der Waals surface area contributed by atoms with E-state index in [0.717, 1.165) is 23.8 Å². The molecule has 0 amide bonds. The van der Waals surface area contributed by atoms with E-state index in [1.165, 1.54) is 25.8 Å². The Morgan fingerprint density at radius 2 is 2.00 bits per heavy atom. The van der Waals surface area contributed by atoms with E-state index in [9.17, 15) is 0 Å². The van der Waals surface area contributed by atoms with Crippen LogP contribution in [0, 0.1) is 17.8 Å². The van der Waals surface area contributed by atoms with E-state index >= 15 is 0 Å². The fourth-order valence-electron chi connectivity index (χ4n) is 3.21. The van der Waals surface area contributed by atoms with Crippen LogP contribution in [0.4, 0.5) is 0 Å². The molecule has 2 heterocycles. The Hall–Kier alpha value is -0.0400. The molecule has 2 bridgehead atoms. The second kappa shape index (κ2) is 3.02. The van der Waals surface area contributed by atoms with Gasteiger partial charge in [-0.25, -0.2) is 0 Å². The lowest BCUT2D eigenvalue weighted by Crippen LogP contribution is -2.51. The van der Waals surface area contributed by atoms with Crippen LogP contribution in [-0.4, -0.2) is 24.5 Å². The van der Waals surface area contributed by atoms with Crippen molar-refractivity contribution >= 4 is 0 Å². The molecule has 0 aromatic carbocycles. The molecule has 70 valence electrons. The van der Waals surface area contributed by atoms with E-state index in [1.54, 1.807) is 0 Å². The van der Waals surface area contributed by atoms with Crippen molar-refractivity contribution in [3.05, 3.63) is 0 Å². The molecule has 3 atom stereocenters. The number of fused-ring (bicyclic) bond motifs is 3. The first kappa shape index (κ1) is 8.55. The second-order valence-electron chi connectivity index (χ2n) is 5.07. The molecule has 2 saturated heterocycles. The fraction of sp³-hybridized carbons (Fsp3) is 1.00.